The molecule has 0 aromatic heterocycles. The normalized spacial score (nSPS) is 12.6. The van der Waals surface area contributed by atoms with Gasteiger partial charge in [-0.15, -0.1) is 0 Å². The average Bonchev–Trinajstić information content (AvgIpc) is 2.43. The number of hydrogen-bond acceptors (Lipinski definition) is 3. The van der Waals surface area contributed by atoms with Gasteiger partial charge in [-0.1, -0.05) is 46.3 Å². The Morgan fingerprint density at radius 3 is 2.50 bits per heavy atom. The number of methoxy groups -OCH3 is 1. The van der Waals surface area contributed by atoms with Crippen molar-refractivity contribution in [3.8, 4) is 0 Å². The van der Waals surface area contributed by atoms with Gasteiger partial charge in [0.05, 0.1) is 19.3 Å². The maximum Gasteiger partial charge on any atom is 0.0922 e. The number of halogens is 1. The minimum absolute atomic E-state index is 0.0915. The molecule has 0 fully saturated rings. The third-order valence-corrected chi connectivity index (χ3v) is 3.08. The van der Waals surface area contributed by atoms with Crippen molar-refractivity contribution in [3.05, 3.63) is 35.9 Å². The first kappa shape index (κ1) is 15.6. The van der Waals surface area contributed by atoms with Crippen LogP contribution in [0, 0.1) is 0 Å². The van der Waals surface area contributed by atoms with Crippen LogP contribution in [0.15, 0.2) is 30.3 Å². The summed E-state index contributed by atoms with van der Waals surface area (Å²) >= 11 is 3.47. The summed E-state index contributed by atoms with van der Waals surface area (Å²) in [6.45, 7) is 2.70. The first-order valence-corrected chi connectivity index (χ1v) is 7.29. The summed E-state index contributed by atoms with van der Waals surface area (Å²) in [6, 6.07) is 10.2. The standard InChI is InChI=1S/C14H21BrO3/c1-16-8-5-9-17-10-11-18-14(12-15)13-6-3-2-4-7-13/h2-4,6-7,14H,5,8-12H2,1H3. The topological polar surface area (TPSA) is 27.7 Å². The van der Waals surface area contributed by atoms with Crippen molar-refractivity contribution < 1.29 is 14.2 Å². The molecule has 18 heavy (non-hydrogen) atoms. The van der Waals surface area contributed by atoms with Crippen LogP contribution >= 0.6 is 15.9 Å². The van der Waals surface area contributed by atoms with Gasteiger partial charge in [-0.05, 0) is 12.0 Å². The molecule has 1 aromatic carbocycles. The molecule has 0 bridgehead atoms. The van der Waals surface area contributed by atoms with Crippen LogP contribution in [0.3, 0.4) is 0 Å². The van der Waals surface area contributed by atoms with Crippen LogP contribution < -0.4 is 0 Å². The molecule has 0 aliphatic carbocycles. The van der Waals surface area contributed by atoms with Crippen LogP contribution in [0.1, 0.15) is 18.1 Å². The number of hydrogen-bond donors (Lipinski definition) is 0. The predicted octanol–water partition coefficient (Wildman–Crippen LogP) is 3.19. The zero-order valence-electron chi connectivity index (χ0n) is 10.8. The Morgan fingerprint density at radius 2 is 1.83 bits per heavy atom. The summed E-state index contributed by atoms with van der Waals surface area (Å²) in [5.74, 6) is 0. The van der Waals surface area contributed by atoms with Crippen molar-refractivity contribution >= 4 is 15.9 Å². The summed E-state index contributed by atoms with van der Waals surface area (Å²) < 4.78 is 16.2. The van der Waals surface area contributed by atoms with Gasteiger partial charge in [-0.25, -0.2) is 0 Å². The molecular weight excluding hydrogens is 296 g/mol. The molecular formula is C14H21BrO3. The molecule has 0 amide bonds. The van der Waals surface area contributed by atoms with Crippen molar-refractivity contribution in [2.45, 2.75) is 12.5 Å². The molecule has 1 unspecified atom stereocenters. The summed E-state index contributed by atoms with van der Waals surface area (Å²) in [4.78, 5) is 0. The van der Waals surface area contributed by atoms with E-state index in [9.17, 15) is 0 Å². The third kappa shape index (κ3) is 6.50. The first-order chi connectivity index (χ1) is 8.88. The van der Waals surface area contributed by atoms with Gasteiger partial charge >= 0.3 is 0 Å². The van der Waals surface area contributed by atoms with Crippen LogP contribution in [0.5, 0.6) is 0 Å². The van der Waals surface area contributed by atoms with Crippen molar-refractivity contribution in [3.63, 3.8) is 0 Å². The lowest BCUT2D eigenvalue weighted by Gasteiger charge is -2.15. The van der Waals surface area contributed by atoms with Gasteiger partial charge < -0.3 is 14.2 Å². The Hall–Kier alpha value is -0.420. The second-order valence-corrected chi connectivity index (χ2v) is 4.53. The van der Waals surface area contributed by atoms with E-state index in [1.807, 2.05) is 18.2 Å². The summed E-state index contributed by atoms with van der Waals surface area (Å²) in [5.41, 5.74) is 1.19. The highest BCUT2D eigenvalue weighted by molar-refractivity contribution is 9.09. The van der Waals surface area contributed by atoms with E-state index in [2.05, 4.69) is 28.1 Å². The largest absolute Gasteiger partial charge is 0.385 e. The van der Waals surface area contributed by atoms with E-state index in [0.29, 0.717) is 13.2 Å². The van der Waals surface area contributed by atoms with E-state index in [1.54, 1.807) is 7.11 Å². The van der Waals surface area contributed by atoms with Crippen molar-refractivity contribution in [1.82, 2.24) is 0 Å². The highest BCUT2D eigenvalue weighted by atomic mass is 79.9. The zero-order valence-corrected chi connectivity index (χ0v) is 12.4. The maximum atomic E-state index is 5.78. The lowest BCUT2D eigenvalue weighted by Crippen LogP contribution is -2.11. The van der Waals surface area contributed by atoms with Gasteiger partial charge in [0.2, 0.25) is 0 Å². The molecule has 102 valence electrons. The Balaban J connectivity index is 2.13. The van der Waals surface area contributed by atoms with E-state index in [0.717, 1.165) is 25.0 Å². The molecule has 1 atom stereocenters. The van der Waals surface area contributed by atoms with Crippen LogP contribution in [0.2, 0.25) is 0 Å². The minimum Gasteiger partial charge on any atom is -0.385 e. The molecule has 0 radical (unpaired) electrons. The van der Waals surface area contributed by atoms with Crippen LogP contribution in [0.25, 0.3) is 0 Å². The number of rotatable bonds is 10. The highest BCUT2D eigenvalue weighted by Gasteiger charge is 2.09. The zero-order chi connectivity index (χ0) is 13.1. The van der Waals surface area contributed by atoms with E-state index in [-0.39, 0.29) is 6.10 Å². The lowest BCUT2D eigenvalue weighted by atomic mass is 10.1. The fourth-order valence-corrected chi connectivity index (χ4v) is 2.11. The van der Waals surface area contributed by atoms with Gasteiger partial charge in [-0.2, -0.15) is 0 Å². The van der Waals surface area contributed by atoms with Crippen LogP contribution in [-0.2, 0) is 14.2 Å². The van der Waals surface area contributed by atoms with E-state index in [1.165, 1.54) is 5.56 Å². The Labute approximate surface area is 118 Å². The molecule has 0 heterocycles. The Kier molecular flexibility index (Phi) is 9.12. The highest BCUT2D eigenvalue weighted by Crippen LogP contribution is 2.18. The van der Waals surface area contributed by atoms with Gasteiger partial charge in [0.25, 0.3) is 0 Å². The predicted molar refractivity (Wildman–Crippen MR) is 76.2 cm³/mol. The summed E-state index contributed by atoms with van der Waals surface area (Å²) in [5, 5.41) is 0.792. The van der Waals surface area contributed by atoms with Crippen molar-refractivity contribution in [1.29, 1.82) is 0 Å². The minimum atomic E-state index is 0.0915. The molecule has 3 nitrogen and oxygen atoms in total. The van der Waals surface area contributed by atoms with E-state index in [4.69, 9.17) is 14.2 Å². The molecule has 0 aliphatic heterocycles. The lowest BCUT2D eigenvalue weighted by molar-refractivity contribution is 0.00979. The van der Waals surface area contributed by atoms with Gasteiger partial charge in [-0.3, -0.25) is 0 Å². The smallest absolute Gasteiger partial charge is 0.0922 e. The molecule has 1 aromatic rings. The quantitative estimate of drug-likeness (QED) is 0.490. The first-order valence-electron chi connectivity index (χ1n) is 6.17. The molecule has 0 spiro atoms. The number of alkyl halides is 1. The molecule has 0 saturated carbocycles. The second-order valence-electron chi connectivity index (χ2n) is 3.88. The van der Waals surface area contributed by atoms with Crippen LogP contribution in [-0.4, -0.2) is 38.9 Å². The van der Waals surface area contributed by atoms with Crippen LogP contribution in [0.4, 0.5) is 0 Å². The molecule has 0 aliphatic rings. The van der Waals surface area contributed by atoms with E-state index >= 15 is 0 Å². The number of benzene rings is 1. The molecule has 0 N–H and O–H groups in total. The van der Waals surface area contributed by atoms with Crippen molar-refractivity contribution in [2.24, 2.45) is 0 Å². The molecule has 0 saturated heterocycles. The van der Waals surface area contributed by atoms with E-state index < -0.39 is 0 Å². The molecule has 1 rings (SSSR count). The van der Waals surface area contributed by atoms with Gasteiger partial charge in [0.1, 0.15) is 0 Å². The summed E-state index contributed by atoms with van der Waals surface area (Å²) in [6.07, 6.45) is 1.02. The maximum absolute atomic E-state index is 5.78. The monoisotopic (exact) mass is 316 g/mol. The SMILES string of the molecule is COCCCOCCOC(CBr)c1ccccc1. The second kappa shape index (κ2) is 10.5. The van der Waals surface area contributed by atoms with Gasteiger partial charge in [0.15, 0.2) is 0 Å². The Bertz CT molecular complexity index is 292. The summed E-state index contributed by atoms with van der Waals surface area (Å²) in [7, 11) is 1.70. The molecule has 4 heteroatoms. The fraction of sp³-hybridized carbons (Fsp3) is 0.571. The number of ether oxygens (including phenoxy) is 3. The Morgan fingerprint density at radius 1 is 1.06 bits per heavy atom. The fourth-order valence-electron chi connectivity index (χ4n) is 1.55. The average molecular weight is 317 g/mol. The third-order valence-electron chi connectivity index (χ3n) is 2.50. The van der Waals surface area contributed by atoms with Crippen molar-refractivity contribution in [2.75, 3.05) is 38.9 Å². The van der Waals surface area contributed by atoms with Gasteiger partial charge in [0, 0.05) is 25.7 Å².